The van der Waals surface area contributed by atoms with Crippen LogP contribution in [0.5, 0.6) is 5.75 Å². The predicted molar refractivity (Wildman–Crippen MR) is 110 cm³/mol. The van der Waals surface area contributed by atoms with Crippen LogP contribution in [0, 0.1) is 0 Å². The summed E-state index contributed by atoms with van der Waals surface area (Å²) >= 11 is 1.57. The van der Waals surface area contributed by atoms with Crippen molar-refractivity contribution in [1.29, 1.82) is 0 Å². The van der Waals surface area contributed by atoms with Crippen LogP contribution < -0.4 is 10.3 Å². The molecule has 0 bridgehead atoms. The fourth-order valence-electron chi connectivity index (χ4n) is 3.65. The second kappa shape index (κ2) is 6.35. The minimum absolute atomic E-state index is 0.0556. The van der Waals surface area contributed by atoms with Crippen molar-refractivity contribution in [3.05, 3.63) is 70.5 Å². The van der Waals surface area contributed by atoms with E-state index in [0.717, 1.165) is 51.2 Å². The van der Waals surface area contributed by atoms with E-state index in [2.05, 4.69) is 17.1 Å². The molecule has 0 unspecified atom stereocenters. The summed E-state index contributed by atoms with van der Waals surface area (Å²) in [5.41, 5.74) is 3.10. The Morgan fingerprint density at radius 3 is 2.59 bits per heavy atom. The molecule has 4 aromatic rings. The van der Waals surface area contributed by atoms with Gasteiger partial charge in [-0.3, -0.25) is 4.79 Å². The molecule has 0 amide bonds. The van der Waals surface area contributed by atoms with Crippen LogP contribution >= 0.6 is 11.3 Å². The van der Waals surface area contributed by atoms with Crippen LogP contribution in [0.15, 0.2) is 64.9 Å². The summed E-state index contributed by atoms with van der Waals surface area (Å²) in [7, 11) is 1.65. The highest BCUT2D eigenvalue weighted by atomic mass is 32.1. The van der Waals surface area contributed by atoms with Gasteiger partial charge in [-0.1, -0.05) is 30.3 Å². The molecule has 5 rings (SSSR count). The van der Waals surface area contributed by atoms with Gasteiger partial charge in [0.2, 0.25) is 0 Å². The van der Waals surface area contributed by atoms with Gasteiger partial charge in [0, 0.05) is 34.0 Å². The van der Waals surface area contributed by atoms with E-state index in [-0.39, 0.29) is 11.6 Å². The van der Waals surface area contributed by atoms with Crippen LogP contribution in [0.25, 0.3) is 32.6 Å². The third kappa shape index (κ3) is 2.66. The Labute approximate surface area is 160 Å². The average Bonchev–Trinajstić information content (AvgIpc) is 3.40. The lowest BCUT2D eigenvalue weighted by Gasteiger charge is -2.19. The maximum absolute atomic E-state index is 13.4. The summed E-state index contributed by atoms with van der Waals surface area (Å²) in [6.45, 7) is 0. The SMILES string of the molecule is COc1ccc2c(=O)n(C3CC3)c(-c3nccs3)c(-c3ccccc3)c2c1. The first-order valence-corrected chi connectivity index (χ1v) is 9.87. The Morgan fingerprint density at radius 2 is 1.93 bits per heavy atom. The number of hydrogen-bond donors (Lipinski definition) is 0. The van der Waals surface area contributed by atoms with Crippen LogP contribution in [0.2, 0.25) is 0 Å². The fourth-order valence-corrected chi connectivity index (χ4v) is 4.34. The number of thiazole rings is 1. The van der Waals surface area contributed by atoms with Crippen molar-refractivity contribution in [3.8, 4) is 27.6 Å². The standard InChI is InChI=1S/C22H18N2O2S/c1-26-16-9-10-17-18(13-16)19(14-5-3-2-4-6-14)20(21-23-11-12-27-21)24(22(17)25)15-7-8-15/h2-6,9-13,15H,7-8H2,1H3. The molecular weight excluding hydrogens is 356 g/mol. The van der Waals surface area contributed by atoms with Gasteiger partial charge in [-0.15, -0.1) is 11.3 Å². The van der Waals surface area contributed by atoms with Gasteiger partial charge >= 0.3 is 0 Å². The number of hydrogen-bond acceptors (Lipinski definition) is 4. The molecule has 2 heterocycles. The quantitative estimate of drug-likeness (QED) is 0.497. The van der Waals surface area contributed by atoms with E-state index in [9.17, 15) is 4.79 Å². The van der Waals surface area contributed by atoms with E-state index >= 15 is 0 Å². The van der Waals surface area contributed by atoms with Crippen LogP contribution in [0.3, 0.4) is 0 Å². The first-order chi connectivity index (χ1) is 13.3. The zero-order valence-electron chi connectivity index (χ0n) is 14.9. The molecule has 0 atom stereocenters. The van der Waals surface area contributed by atoms with Crippen molar-refractivity contribution < 1.29 is 4.74 Å². The number of benzene rings is 2. The summed E-state index contributed by atoms with van der Waals surface area (Å²) in [6.07, 6.45) is 3.87. The number of nitrogens with zero attached hydrogens (tertiary/aromatic N) is 2. The van der Waals surface area contributed by atoms with E-state index in [4.69, 9.17) is 4.74 Å². The summed E-state index contributed by atoms with van der Waals surface area (Å²) in [5, 5.41) is 4.47. The number of rotatable bonds is 4. The Morgan fingerprint density at radius 1 is 1.11 bits per heavy atom. The number of aromatic nitrogens is 2. The Kier molecular flexibility index (Phi) is 3.83. The molecule has 0 saturated heterocycles. The second-order valence-electron chi connectivity index (χ2n) is 6.74. The molecule has 1 fully saturated rings. The van der Waals surface area contributed by atoms with Crippen LogP contribution in [-0.4, -0.2) is 16.7 Å². The van der Waals surface area contributed by atoms with Gasteiger partial charge in [-0.2, -0.15) is 0 Å². The molecule has 0 aliphatic heterocycles. The molecule has 0 spiro atoms. The van der Waals surface area contributed by atoms with Gasteiger partial charge in [-0.05, 0) is 36.6 Å². The Balaban J connectivity index is 1.99. The lowest BCUT2D eigenvalue weighted by Crippen LogP contribution is -2.22. The molecule has 4 nitrogen and oxygen atoms in total. The smallest absolute Gasteiger partial charge is 0.259 e. The molecule has 27 heavy (non-hydrogen) atoms. The zero-order valence-corrected chi connectivity index (χ0v) is 15.7. The van der Waals surface area contributed by atoms with E-state index in [1.165, 1.54) is 0 Å². The van der Waals surface area contributed by atoms with E-state index < -0.39 is 0 Å². The molecule has 0 radical (unpaired) electrons. The fraction of sp³-hybridized carbons (Fsp3) is 0.182. The summed E-state index contributed by atoms with van der Waals surface area (Å²) in [6, 6.07) is 16.2. The van der Waals surface area contributed by atoms with Crippen molar-refractivity contribution in [2.24, 2.45) is 0 Å². The van der Waals surface area contributed by atoms with E-state index in [1.807, 2.05) is 46.3 Å². The number of pyridine rings is 1. The highest BCUT2D eigenvalue weighted by Gasteiger charge is 2.31. The normalized spacial score (nSPS) is 13.8. The largest absolute Gasteiger partial charge is 0.497 e. The first-order valence-electron chi connectivity index (χ1n) is 8.99. The molecule has 2 aromatic carbocycles. The molecule has 134 valence electrons. The minimum Gasteiger partial charge on any atom is -0.497 e. The highest BCUT2D eigenvalue weighted by Crippen LogP contribution is 2.44. The third-order valence-corrected chi connectivity index (χ3v) is 5.81. The lowest BCUT2D eigenvalue weighted by molar-refractivity contribution is 0.415. The van der Waals surface area contributed by atoms with Gasteiger partial charge in [-0.25, -0.2) is 4.98 Å². The number of fused-ring (bicyclic) bond motifs is 1. The molecule has 1 aliphatic carbocycles. The van der Waals surface area contributed by atoms with Gasteiger partial charge in [0.25, 0.3) is 5.56 Å². The van der Waals surface area contributed by atoms with Crippen LogP contribution in [0.1, 0.15) is 18.9 Å². The maximum Gasteiger partial charge on any atom is 0.259 e. The van der Waals surface area contributed by atoms with Gasteiger partial charge in [0.05, 0.1) is 12.8 Å². The Hall–Kier alpha value is -2.92. The highest BCUT2D eigenvalue weighted by molar-refractivity contribution is 7.13. The van der Waals surface area contributed by atoms with Crippen molar-refractivity contribution in [2.75, 3.05) is 7.11 Å². The molecular formula is C22H18N2O2S. The van der Waals surface area contributed by atoms with Crippen molar-refractivity contribution >= 4 is 22.1 Å². The molecule has 0 N–H and O–H groups in total. The van der Waals surface area contributed by atoms with Crippen molar-refractivity contribution in [3.63, 3.8) is 0 Å². The Bertz CT molecular complexity index is 1180. The molecule has 1 saturated carbocycles. The topological polar surface area (TPSA) is 44.1 Å². The second-order valence-corrected chi connectivity index (χ2v) is 7.64. The van der Waals surface area contributed by atoms with E-state index in [1.54, 1.807) is 24.6 Å². The van der Waals surface area contributed by atoms with Crippen LogP contribution in [0.4, 0.5) is 0 Å². The minimum atomic E-state index is 0.0556. The number of methoxy groups -OCH3 is 1. The maximum atomic E-state index is 13.4. The van der Waals surface area contributed by atoms with Crippen molar-refractivity contribution in [2.45, 2.75) is 18.9 Å². The zero-order chi connectivity index (χ0) is 18.4. The predicted octanol–water partition coefficient (Wildman–Crippen LogP) is 5.14. The average molecular weight is 374 g/mol. The van der Waals surface area contributed by atoms with Crippen LogP contribution in [-0.2, 0) is 0 Å². The molecule has 1 aliphatic rings. The van der Waals surface area contributed by atoms with E-state index in [0.29, 0.717) is 0 Å². The lowest BCUT2D eigenvalue weighted by atomic mass is 9.96. The van der Waals surface area contributed by atoms with Crippen molar-refractivity contribution in [1.82, 2.24) is 9.55 Å². The monoisotopic (exact) mass is 374 g/mol. The summed E-state index contributed by atoms with van der Waals surface area (Å²) in [4.78, 5) is 18.0. The summed E-state index contributed by atoms with van der Waals surface area (Å²) < 4.78 is 7.42. The molecule has 2 aromatic heterocycles. The van der Waals surface area contributed by atoms with Gasteiger partial charge < -0.3 is 9.30 Å². The van der Waals surface area contributed by atoms with Gasteiger partial charge in [0.1, 0.15) is 10.8 Å². The molecule has 5 heteroatoms. The summed E-state index contributed by atoms with van der Waals surface area (Å²) in [5.74, 6) is 0.744. The third-order valence-electron chi connectivity index (χ3n) is 5.03. The van der Waals surface area contributed by atoms with Gasteiger partial charge in [0.15, 0.2) is 0 Å². The first kappa shape index (κ1) is 16.3. The number of ether oxygens (including phenoxy) is 1.